The molecule has 0 aromatic carbocycles. The third-order valence-corrected chi connectivity index (χ3v) is 1.96. The number of nitrogens with two attached hydrogens (primary N) is 1. The van der Waals surface area contributed by atoms with Gasteiger partial charge in [-0.3, -0.25) is 0 Å². The predicted octanol–water partition coefficient (Wildman–Crippen LogP) is 2.47. The fourth-order valence-electron chi connectivity index (χ4n) is 0.797. The second-order valence-corrected chi connectivity index (χ2v) is 2.74. The lowest BCUT2D eigenvalue weighted by molar-refractivity contribution is 1.34. The highest BCUT2D eigenvalue weighted by Gasteiger charge is 1.99. The van der Waals surface area contributed by atoms with E-state index in [9.17, 15) is 0 Å². The zero-order valence-corrected chi connectivity index (χ0v) is 7.10. The van der Waals surface area contributed by atoms with Gasteiger partial charge in [0, 0.05) is 0 Å². The highest BCUT2D eigenvalue weighted by atomic mass is 35.5. The van der Waals surface area contributed by atoms with Crippen LogP contribution in [0.1, 0.15) is 6.92 Å². The number of rotatable bonds is 0. The van der Waals surface area contributed by atoms with E-state index >= 15 is 0 Å². The van der Waals surface area contributed by atoms with Crippen molar-refractivity contribution < 1.29 is 0 Å². The third-order valence-electron chi connectivity index (χ3n) is 1.44. The molecule has 0 fully saturated rings. The van der Waals surface area contributed by atoms with Crippen LogP contribution in [0.15, 0.2) is 46.7 Å². The molecule has 1 aliphatic rings. The van der Waals surface area contributed by atoms with Crippen LogP contribution in [0.4, 0.5) is 0 Å². The van der Waals surface area contributed by atoms with Crippen LogP contribution >= 0.6 is 11.6 Å². The molecule has 0 unspecified atom stereocenters. The summed E-state index contributed by atoms with van der Waals surface area (Å²) >= 11 is 5.90. The summed E-state index contributed by atoms with van der Waals surface area (Å²) in [5.41, 5.74) is 7.23. The van der Waals surface area contributed by atoms with Crippen molar-refractivity contribution in [1.82, 2.24) is 0 Å². The SMILES string of the molecule is CC1=C\C=C\C=C/C(N)=C\1Cl. The molecule has 0 amide bonds. The van der Waals surface area contributed by atoms with Gasteiger partial charge in [0.1, 0.15) is 0 Å². The van der Waals surface area contributed by atoms with E-state index in [0.29, 0.717) is 10.7 Å². The molecule has 0 spiro atoms. The maximum absolute atomic E-state index is 5.90. The summed E-state index contributed by atoms with van der Waals surface area (Å²) in [5, 5.41) is 0.630. The summed E-state index contributed by atoms with van der Waals surface area (Å²) < 4.78 is 0. The van der Waals surface area contributed by atoms with E-state index in [-0.39, 0.29) is 0 Å². The fraction of sp³-hybridized carbons (Fsp3) is 0.111. The van der Waals surface area contributed by atoms with Crippen LogP contribution in [-0.4, -0.2) is 0 Å². The molecule has 1 rings (SSSR count). The van der Waals surface area contributed by atoms with Crippen LogP contribution < -0.4 is 5.73 Å². The molecule has 0 atom stereocenters. The highest BCUT2D eigenvalue weighted by molar-refractivity contribution is 6.32. The molecule has 11 heavy (non-hydrogen) atoms. The molecule has 0 aromatic rings. The van der Waals surface area contributed by atoms with Crippen LogP contribution in [0.5, 0.6) is 0 Å². The monoisotopic (exact) mass is 167 g/mol. The molecule has 2 heteroatoms. The van der Waals surface area contributed by atoms with Gasteiger partial charge in [-0.15, -0.1) is 0 Å². The Balaban J connectivity index is 3.07. The van der Waals surface area contributed by atoms with Crippen molar-refractivity contribution in [3.05, 3.63) is 46.7 Å². The van der Waals surface area contributed by atoms with Gasteiger partial charge in [-0.1, -0.05) is 35.9 Å². The quantitative estimate of drug-likeness (QED) is 0.590. The summed E-state index contributed by atoms with van der Waals surface area (Å²) in [6.45, 7) is 1.93. The number of halogens is 1. The Morgan fingerprint density at radius 2 is 2.00 bits per heavy atom. The molecule has 1 aliphatic carbocycles. The van der Waals surface area contributed by atoms with E-state index in [1.54, 1.807) is 6.08 Å². The van der Waals surface area contributed by atoms with E-state index in [1.165, 1.54) is 0 Å². The summed E-state index contributed by atoms with van der Waals surface area (Å²) in [5.74, 6) is 0. The van der Waals surface area contributed by atoms with Gasteiger partial charge in [0.15, 0.2) is 0 Å². The van der Waals surface area contributed by atoms with Crippen molar-refractivity contribution >= 4 is 11.6 Å². The standard InChI is InChI=1S/C9H10ClN/c1-7-5-3-2-4-6-8(11)9(7)10/h2-6H,11H2,1H3/b3-2+,4-2?,5-3?,6-4-,7-5+,8-6?,9-7?,9-8-. The van der Waals surface area contributed by atoms with Gasteiger partial charge in [-0.25, -0.2) is 0 Å². The molecule has 0 aliphatic heterocycles. The zero-order chi connectivity index (χ0) is 8.27. The normalized spacial score (nSPS) is 34.9. The molecule has 0 saturated carbocycles. The van der Waals surface area contributed by atoms with Crippen molar-refractivity contribution in [2.24, 2.45) is 5.73 Å². The fourth-order valence-corrected chi connectivity index (χ4v) is 0.923. The lowest BCUT2D eigenvalue weighted by atomic mass is 10.2. The predicted molar refractivity (Wildman–Crippen MR) is 49.1 cm³/mol. The molecule has 2 N–H and O–H groups in total. The first-order valence-corrected chi connectivity index (χ1v) is 3.77. The minimum absolute atomic E-state index is 0.616. The number of hydrogen-bond donors (Lipinski definition) is 1. The van der Waals surface area contributed by atoms with Gasteiger partial charge in [0.2, 0.25) is 0 Å². The van der Waals surface area contributed by atoms with Crippen molar-refractivity contribution in [3.8, 4) is 0 Å². The molecular weight excluding hydrogens is 158 g/mol. The van der Waals surface area contributed by atoms with E-state index in [1.807, 2.05) is 31.2 Å². The molecule has 0 aromatic heterocycles. The van der Waals surface area contributed by atoms with Gasteiger partial charge < -0.3 is 5.73 Å². The molecule has 0 saturated heterocycles. The third kappa shape index (κ3) is 1.99. The summed E-state index contributed by atoms with van der Waals surface area (Å²) in [6.07, 6.45) is 9.43. The Bertz CT molecular complexity index is 269. The smallest absolute Gasteiger partial charge is 0.0664 e. The number of allylic oxidation sites excluding steroid dienone is 7. The maximum atomic E-state index is 5.90. The van der Waals surface area contributed by atoms with Gasteiger partial charge in [-0.2, -0.15) is 0 Å². The molecule has 1 nitrogen and oxygen atoms in total. The van der Waals surface area contributed by atoms with Gasteiger partial charge in [-0.05, 0) is 18.6 Å². The topological polar surface area (TPSA) is 26.0 Å². The van der Waals surface area contributed by atoms with Crippen LogP contribution in [-0.2, 0) is 0 Å². The Morgan fingerprint density at radius 3 is 2.73 bits per heavy atom. The van der Waals surface area contributed by atoms with Crippen molar-refractivity contribution in [1.29, 1.82) is 0 Å². The largest absolute Gasteiger partial charge is 0.398 e. The molecule has 0 radical (unpaired) electrons. The first-order valence-electron chi connectivity index (χ1n) is 3.39. The molecular formula is C9H10ClN. The summed E-state index contributed by atoms with van der Waals surface area (Å²) in [4.78, 5) is 0. The van der Waals surface area contributed by atoms with Crippen LogP contribution in [0.2, 0.25) is 0 Å². The van der Waals surface area contributed by atoms with Gasteiger partial charge in [0.25, 0.3) is 0 Å². The number of hydrogen-bond acceptors (Lipinski definition) is 1. The first kappa shape index (κ1) is 8.15. The summed E-state index contributed by atoms with van der Waals surface area (Å²) in [6, 6.07) is 0. The van der Waals surface area contributed by atoms with Crippen LogP contribution in [0, 0.1) is 0 Å². The molecule has 0 heterocycles. The second kappa shape index (κ2) is 3.44. The maximum Gasteiger partial charge on any atom is 0.0664 e. The van der Waals surface area contributed by atoms with Crippen molar-refractivity contribution in [3.63, 3.8) is 0 Å². The van der Waals surface area contributed by atoms with Crippen molar-refractivity contribution in [2.75, 3.05) is 0 Å². The minimum atomic E-state index is 0.616. The lowest BCUT2D eigenvalue weighted by Crippen LogP contribution is -1.97. The lowest BCUT2D eigenvalue weighted by Gasteiger charge is -2.02. The van der Waals surface area contributed by atoms with E-state index in [0.717, 1.165) is 5.57 Å². The zero-order valence-electron chi connectivity index (χ0n) is 6.34. The Morgan fingerprint density at radius 1 is 1.27 bits per heavy atom. The van der Waals surface area contributed by atoms with E-state index in [2.05, 4.69) is 0 Å². The van der Waals surface area contributed by atoms with Crippen LogP contribution in [0.25, 0.3) is 0 Å². The first-order chi connectivity index (χ1) is 5.22. The minimum Gasteiger partial charge on any atom is -0.398 e. The van der Waals surface area contributed by atoms with E-state index in [4.69, 9.17) is 17.3 Å². The van der Waals surface area contributed by atoms with Crippen LogP contribution in [0.3, 0.4) is 0 Å². The Hall–Kier alpha value is -0.950. The summed E-state index contributed by atoms with van der Waals surface area (Å²) in [7, 11) is 0. The highest BCUT2D eigenvalue weighted by Crippen LogP contribution is 2.18. The average Bonchev–Trinajstić information content (AvgIpc) is 2.00. The van der Waals surface area contributed by atoms with Gasteiger partial charge >= 0.3 is 0 Å². The van der Waals surface area contributed by atoms with Gasteiger partial charge in [0.05, 0.1) is 10.7 Å². The molecule has 0 bridgehead atoms. The average molecular weight is 168 g/mol. The second-order valence-electron chi connectivity index (χ2n) is 2.36. The molecule has 58 valence electrons. The van der Waals surface area contributed by atoms with E-state index < -0.39 is 0 Å². The Kier molecular flexibility index (Phi) is 2.55. The van der Waals surface area contributed by atoms with Crippen molar-refractivity contribution in [2.45, 2.75) is 6.92 Å². The Labute approximate surface area is 71.5 Å².